The molecule has 0 saturated heterocycles. The number of hydrogen-bond donors (Lipinski definition) is 1. The van der Waals surface area contributed by atoms with Crippen molar-refractivity contribution in [2.75, 3.05) is 5.43 Å². The second-order valence-corrected chi connectivity index (χ2v) is 8.95. The average Bonchev–Trinajstić information content (AvgIpc) is 3.26. The number of carbonyl (C=O) groups is 1. The molecule has 0 aliphatic carbocycles. The molecule has 0 spiro atoms. The summed E-state index contributed by atoms with van der Waals surface area (Å²) in [6.45, 7) is 8.04. The van der Waals surface area contributed by atoms with Gasteiger partial charge in [0.15, 0.2) is 5.71 Å². The molecule has 0 saturated carbocycles. The van der Waals surface area contributed by atoms with Gasteiger partial charge in [0.2, 0.25) is 0 Å². The van der Waals surface area contributed by atoms with Crippen molar-refractivity contribution in [2.45, 2.75) is 40.3 Å². The van der Waals surface area contributed by atoms with Gasteiger partial charge in [-0.3, -0.25) is 10.2 Å². The number of amides is 1. The summed E-state index contributed by atoms with van der Waals surface area (Å²) in [6, 6.07) is 17.5. The lowest BCUT2D eigenvalue weighted by atomic mass is 10.1. The first-order valence-corrected chi connectivity index (χ1v) is 11.2. The van der Waals surface area contributed by atoms with E-state index in [1.54, 1.807) is 18.3 Å². The fraction of sp³-hybridized carbons (Fsp3) is 0.250. The SMILES string of the molecule is CC1=NN(Cc2nc(-c3ccccc3)c(C)s2)C(=O)/C1=N/Nc1ccccc1OC(C)C. The van der Waals surface area contributed by atoms with Gasteiger partial charge in [-0.1, -0.05) is 42.5 Å². The van der Waals surface area contributed by atoms with Crippen molar-refractivity contribution < 1.29 is 9.53 Å². The number of anilines is 1. The summed E-state index contributed by atoms with van der Waals surface area (Å²) in [5, 5.41) is 11.0. The second kappa shape index (κ2) is 9.32. The van der Waals surface area contributed by atoms with E-state index < -0.39 is 0 Å². The monoisotopic (exact) mass is 447 g/mol. The number of thiazole rings is 1. The minimum absolute atomic E-state index is 0.0278. The van der Waals surface area contributed by atoms with Crippen molar-refractivity contribution in [3.05, 3.63) is 64.5 Å². The lowest BCUT2D eigenvalue weighted by Crippen LogP contribution is -2.27. The van der Waals surface area contributed by atoms with Crippen LogP contribution in [0.5, 0.6) is 5.75 Å². The number of aryl methyl sites for hydroxylation is 1. The van der Waals surface area contributed by atoms with Crippen LogP contribution in [-0.2, 0) is 11.3 Å². The number of nitrogens with one attached hydrogen (secondary N) is 1. The van der Waals surface area contributed by atoms with E-state index in [2.05, 4.69) is 15.6 Å². The topological polar surface area (TPSA) is 79.2 Å². The maximum absolute atomic E-state index is 13.0. The summed E-state index contributed by atoms with van der Waals surface area (Å²) in [6.07, 6.45) is 0.0278. The first kappa shape index (κ1) is 21.7. The largest absolute Gasteiger partial charge is 0.489 e. The van der Waals surface area contributed by atoms with Crippen molar-refractivity contribution in [1.29, 1.82) is 0 Å². The molecule has 0 bridgehead atoms. The van der Waals surface area contributed by atoms with Crippen LogP contribution in [0.2, 0.25) is 0 Å². The Hall–Kier alpha value is -3.52. The number of ether oxygens (including phenoxy) is 1. The highest BCUT2D eigenvalue weighted by molar-refractivity contribution is 7.12. The predicted molar refractivity (Wildman–Crippen MR) is 129 cm³/mol. The van der Waals surface area contributed by atoms with Gasteiger partial charge in [0.1, 0.15) is 10.8 Å². The summed E-state index contributed by atoms with van der Waals surface area (Å²) in [7, 11) is 0. The second-order valence-electron chi connectivity index (χ2n) is 7.66. The Morgan fingerprint density at radius 3 is 2.56 bits per heavy atom. The van der Waals surface area contributed by atoms with Gasteiger partial charge in [0, 0.05) is 10.4 Å². The van der Waals surface area contributed by atoms with Crippen molar-refractivity contribution in [2.24, 2.45) is 10.2 Å². The maximum Gasteiger partial charge on any atom is 0.296 e. The smallest absolute Gasteiger partial charge is 0.296 e. The zero-order valence-electron chi connectivity index (χ0n) is 18.5. The Balaban J connectivity index is 1.49. The van der Waals surface area contributed by atoms with Crippen LogP contribution >= 0.6 is 11.3 Å². The summed E-state index contributed by atoms with van der Waals surface area (Å²) < 4.78 is 5.80. The molecular formula is C24H25N5O2S. The highest BCUT2D eigenvalue weighted by Gasteiger charge is 2.30. The summed E-state index contributed by atoms with van der Waals surface area (Å²) >= 11 is 1.57. The standard InChI is InChI=1S/C24H25N5O2S/c1-15(2)31-20-13-9-8-12-19(20)26-27-22-16(3)28-29(24(22)30)14-21-25-23(17(4)32-21)18-10-6-5-7-11-18/h5-13,15,26H,14H2,1-4H3/b27-22+. The zero-order valence-corrected chi connectivity index (χ0v) is 19.3. The number of carbonyl (C=O) groups excluding carboxylic acids is 1. The lowest BCUT2D eigenvalue weighted by molar-refractivity contribution is -0.123. The molecule has 2 aromatic carbocycles. The van der Waals surface area contributed by atoms with E-state index in [0.29, 0.717) is 23.7 Å². The van der Waals surface area contributed by atoms with Crippen LogP contribution in [0.25, 0.3) is 11.3 Å². The van der Waals surface area contributed by atoms with E-state index in [1.165, 1.54) is 5.01 Å². The van der Waals surface area contributed by atoms with Crippen LogP contribution < -0.4 is 10.2 Å². The van der Waals surface area contributed by atoms with Gasteiger partial charge in [-0.15, -0.1) is 11.3 Å². The normalized spacial score (nSPS) is 14.9. The molecule has 1 aliphatic rings. The van der Waals surface area contributed by atoms with Gasteiger partial charge in [0.25, 0.3) is 5.91 Å². The molecule has 0 radical (unpaired) electrons. The average molecular weight is 448 g/mol. The minimum atomic E-state index is -0.258. The third kappa shape index (κ3) is 4.70. The van der Waals surface area contributed by atoms with Gasteiger partial charge in [0.05, 0.1) is 29.7 Å². The van der Waals surface area contributed by atoms with Crippen molar-refractivity contribution in [3.8, 4) is 17.0 Å². The van der Waals surface area contributed by atoms with E-state index in [1.807, 2.05) is 75.4 Å². The van der Waals surface area contributed by atoms with Gasteiger partial charge in [-0.05, 0) is 39.8 Å². The summed E-state index contributed by atoms with van der Waals surface area (Å²) in [5.74, 6) is 0.418. The van der Waals surface area contributed by atoms with Gasteiger partial charge < -0.3 is 4.74 Å². The zero-order chi connectivity index (χ0) is 22.7. The van der Waals surface area contributed by atoms with E-state index in [4.69, 9.17) is 9.72 Å². The molecule has 3 aromatic rings. The fourth-order valence-electron chi connectivity index (χ4n) is 3.33. The van der Waals surface area contributed by atoms with Crippen LogP contribution in [0.15, 0.2) is 64.8 Å². The van der Waals surface area contributed by atoms with E-state index >= 15 is 0 Å². The number of nitrogens with zero attached hydrogens (tertiary/aromatic N) is 4. The number of benzene rings is 2. The van der Waals surface area contributed by atoms with Crippen molar-refractivity contribution >= 4 is 34.4 Å². The van der Waals surface area contributed by atoms with E-state index in [9.17, 15) is 4.79 Å². The first-order chi connectivity index (χ1) is 15.4. The Kier molecular flexibility index (Phi) is 6.32. The highest BCUT2D eigenvalue weighted by Crippen LogP contribution is 2.29. The van der Waals surface area contributed by atoms with Gasteiger partial charge in [-0.2, -0.15) is 10.2 Å². The molecule has 1 aliphatic heterocycles. The van der Waals surface area contributed by atoms with E-state index in [0.717, 1.165) is 21.1 Å². The van der Waals surface area contributed by atoms with Crippen molar-refractivity contribution in [3.63, 3.8) is 0 Å². The Labute approximate surface area is 191 Å². The molecule has 2 heterocycles. The van der Waals surface area contributed by atoms with Crippen molar-refractivity contribution in [1.82, 2.24) is 9.99 Å². The molecule has 32 heavy (non-hydrogen) atoms. The summed E-state index contributed by atoms with van der Waals surface area (Å²) in [5.41, 5.74) is 6.49. The van der Waals surface area contributed by atoms with Gasteiger partial charge in [-0.25, -0.2) is 9.99 Å². The molecule has 4 rings (SSSR count). The molecule has 1 amide bonds. The number of rotatable bonds is 7. The third-order valence-corrected chi connectivity index (χ3v) is 5.72. The lowest BCUT2D eigenvalue weighted by Gasteiger charge is -2.13. The molecular weight excluding hydrogens is 422 g/mol. The number of para-hydroxylation sites is 2. The molecule has 1 aromatic heterocycles. The number of aromatic nitrogens is 1. The highest BCUT2D eigenvalue weighted by atomic mass is 32.1. The molecule has 0 unspecified atom stereocenters. The molecule has 164 valence electrons. The first-order valence-electron chi connectivity index (χ1n) is 10.4. The molecule has 1 N–H and O–H groups in total. The quantitative estimate of drug-likeness (QED) is 0.512. The maximum atomic E-state index is 13.0. The molecule has 0 fully saturated rings. The number of hydrogen-bond acceptors (Lipinski definition) is 7. The molecule has 7 nitrogen and oxygen atoms in total. The van der Waals surface area contributed by atoms with Crippen LogP contribution in [0.1, 0.15) is 30.7 Å². The fourth-order valence-corrected chi connectivity index (χ4v) is 4.27. The van der Waals surface area contributed by atoms with Crippen LogP contribution in [0.3, 0.4) is 0 Å². The Bertz CT molecular complexity index is 1180. The van der Waals surface area contributed by atoms with E-state index in [-0.39, 0.29) is 17.7 Å². The Morgan fingerprint density at radius 1 is 1.09 bits per heavy atom. The van der Waals surface area contributed by atoms with Crippen LogP contribution in [0, 0.1) is 6.92 Å². The third-order valence-electron chi connectivity index (χ3n) is 4.76. The predicted octanol–water partition coefficient (Wildman–Crippen LogP) is 5.09. The number of hydrazone groups is 2. The van der Waals surface area contributed by atoms with Crippen LogP contribution in [-0.4, -0.2) is 33.4 Å². The van der Waals surface area contributed by atoms with Gasteiger partial charge >= 0.3 is 0 Å². The minimum Gasteiger partial charge on any atom is -0.489 e. The Morgan fingerprint density at radius 2 is 1.81 bits per heavy atom. The summed E-state index contributed by atoms with van der Waals surface area (Å²) in [4.78, 5) is 18.8. The van der Waals surface area contributed by atoms with Crippen LogP contribution in [0.4, 0.5) is 5.69 Å². The molecule has 8 heteroatoms. The molecule has 0 atom stereocenters.